The second-order valence-corrected chi connectivity index (χ2v) is 20.6. The number of aliphatic hydroxyl groups excluding tert-OH is 4. The van der Waals surface area contributed by atoms with E-state index in [0.29, 0.717) is 45.5 Å². The first-order valence-electron chi connectivity index (χ1n) is 25.3. The van der Waals surface area contributed by atoms with Gasteiger partial charge in [0.15, 0.2) is 0 Å². The van der Waals surface area contributed by atoms with Crippen LogP contribution in [0.15, 0.2) is 0 Å². The number of halogens is 2. The van der Waals surface area contributed by atoms with Crippen molar-refractivity contribution in [2.24, 2.45) is 5.92 Å². The lowest BCUT2D eigenvalue weighted by atomic mass is 10.00. The number of nitrogens with zero attached hydrogens (tertiary/aromatic N) is 9. The Hall–Kier alpha value is -1.72. The van der Waals surface area contributed by atoms with Crippen LogP contribution < -0.4 is 5.32 Å². The topological polar surface area (TPSA) is 165 Å². The van der Waals surface area contributed by atoms with Gasteiger partial charge in [-0.1, -0.05) is 0 Å². The molecule has 7 aliphatic heterocycles. The highest BCUT2D eigenvalue weighted by Gasteiger charge is 2.31. The first kappa shape index (κ1) is 61.4. The van der Waals surface area contributed by atoms with Gasteiger partial charge >= 0.3 is 0 Å². The van der Waals surface area contributed by atoms with E-state index in [2.05, 4.69) is 36.9 Å². The largest absolute Gasteiger partial charge is 0.390 e. The van der Waals surface area contributed by atoms with Gasteiger partial charge < -0.3 is 64.8 Å². The Morgan fingerprint density at radius 1 is 0.522 bits per heavy atom. The number of carbonyl (C=O) groups is 2. The van der Waals surface area contributed by atoms with Crippen molar-refractivity contribution in [3.05, 3.63) is 0 Å². The molecule has 7 heterocycles. The van der Waals surface area contributed by atoms with Gasteiger partial charge in [0.2, 0.25) is 11.8 Å². The minimum atomic E-state index is -1.05. The summed E-state index contributed by atoms with van der Waals surface area (Å²) >= 11 is 0. The zero-order valence-electron chi connectivity index (χ0n) is 43.4. The van der Waals surface area contributed by atoms with Gasteiger partial charge in [-0.05, 0) is 140 Å². The third-order valence-corrected chi connectivity index (χ3v) is 13.7. The molecule has 0 spiro atoms. The first-order chi connectivity index (χ1) is 31.7. The monoisotopic (exact) mass is 965 g/mol. The molecule has 19 heteroatoms. The molecule has 67 heavy (non-hydrogen) atoms. The number of nitrogens with one attached hydrogen (secondary N) is 1. The lowest BCUT2D eigenvalue weighted by Gasteiger charge is -2.29. The van der Waals surface area contributed by atoms with Crippen molar-refractivity contribution in [3.8, 4) is 0 Å². The lowest BCUT2D eigenvalue weighted by Crippen LogP contribution is -2.34. The smallest absolute Gasteiger partial charge is 0.236 e. The van der Waals surface area contributed by atoms with Gasteiger partial charge in [0.05, 0.1) is 50.7 Å². The number of carbonyl (C=O) groups excluding carboxylic acids is 2. The number of fused-ring (bicyclic) bond motifs is 2. The maximum atomic E-state index is 12.8. The number of amides is 2. The van der Waals surface area contributed by atoms with Crippen LogP contribution in [-0.2, 0) is 14.3 Å². The van der Waals surface area contributed by atoms with Gasteiger partial charge in [-0.2, -0.15) is 0 Å². The van der Waals surface area contributed by atoms with Crippen molar-refractivity contribution < 1.29 is 43.5 Å². The summed E-state index contributed by atoms with van der Waals surface area (Å²) in [6.07, 6.45) is 6.67. The Labute approximate surface area is 404 Å². The molecule has 0 aromatic rings. The minimum Gasteiger partial charge on any atom is -0.390 e. The molecule has 7 saturated heterocycles. The van der Waals surface area contributed by atoms with Crippen molar-refractivity contribution in [2.75, 3.05) is 188 Å². The van der Waals surface area contributed by atoms with Crippen LogP contribution in [0.4, 0.5) is 8.78 Å². The summed E-state index contributed by atoms with van der Waals surface area (Å²) in [7, 11) is 18.0. The molecule has 2 bridgehead atoms. The third kappa shape index (κ3) is 28.7. The molecule has 0 aromatic carbocycles. The highest BCUT2D eigenvalue weighted by atomic mass is 19.1. The van der Waals surface area contributed by atoms with E-state index in [1.54, 1.807) is 4.90 Å². The number of hydrogen-bond acceptors (Lipinski definition) is 15. The molecule has 8 rings (SSSR count). The van der Waals surface area contributed by atoms with Gasteiger partial charge in [0, 0.05) is 98.2 Å². The fraction of sp³-hybridized carbons (Fsp3) is 0.958. The van der Waals surface area contributed by atoms with Gasteiger partial charge in [0.25, 0.3) is 0 Å². The number of aliphatic hydroxyl groups is 4. The Balaban J connectivity index is 0.000000268. The van der Waals surface area contributed by atoms with Crippen LogP contribution in [0.3, 0.4) is 0 Å². The molecule has 0 aromatic heterocycles. The number of piperidine rings is 1. The van der Waals surface area contributed by atoms with Crippen molar-refractivity contribution >= 4 is 11.8 Å². The van der Waals surface area contributed by atoms with Crippen LogP contribution in [0.25, 0.3) is 0 Å². The summed E-state index contributed by atoms with van der Waals surface area (Å²) in [4.78, 5) is 40.6. The predicted molar refractivity (Wildman–Crippen MR) is 264 cm³/mol. The van der Waals surface area contributed by atoms with Crippen LogP contribution in [0.2, 0.25) is 0 Å². The van der Waals surface area contributed by atoms with E-state index in [1.807, 2.05) is 71.1 Å². The highest BCUT2D eigenvalue weighted by Crippen LogP contribution is 2.35. The van der Waals surface area contributed by atoms with Crippen LogP contribution in [-0.4, -0.2) is 307 Å². The van der Waals surface area contributed by atoms with Crippen molar-refractivity contribution in [2.45, 2.75) is 107 Å². The standard InChI is InChI=1S/C8H15N.2C7H14FNO.C7H16N2O.C7H14N2O.C6H12N2O.C6H13NO2/c1-9-5-4-7-2-3-8(9)6-7;1-9-4-2-6(8)7(10)3-5-9;1-9-4-2-3-7(10)6(8)5-9;1-8-3-4-9(2)6-7(10)5-8;1-8-4-3-5-9(2)7(10)6-8;1-8-4-2-3-7-6(9)5-8;1-7-2-3-9-5-6(8)4-7/h7-8H,2-6H2,1H3;2*6-7,10H,2-5H2,1H3;7,10H,3-6H2,1-2H3;3-6H2,1-2H3;2-5H2,1H3,(H,7,9);6,8H,2-5H2,1H3. The second kappa shape index (κ2) is 34.6. The number of likely N-dealkylation sites (tertiary alicyclic amines) is 3. The molecule has 0 radical (unpaired) electrons. The van der Waals surface area contributed by atoms with E-state index in [9.17, 15) is 23.5 Å². The second-order valence-electron chi connectivity index (χ2n) is 20.6. The number of ether oxygens (including phenoxy) is 1. The lowest BCUT2D eigenvalue weighted by molar-refractivity contribution is -0.129. The molecule has 2 amide bonds. The summed E-state index contributed by atoms with van der Waals surface area (Å²) in [6.45, 7) is 15.8. The van der Waals surface area contributed by atoms with Gasteiger partial charge in [-0.3, -0.25) is 19.4 Å². The van der Waals surface area contributed by atoms with E-state index in [1.165, 1.54) is 32.2 Å². The summed E-state index contributed by atoms with van der Waals surface area (Å²) < 4.78 is 30.6. The van der Waals surface area contributed by atoms with E-state index in [-0.39, 0.29) is 24.0 Å². The maximum absolute atomic E-state index is 12.8. The number of rotatable bonds is 0. The van der Waals surface area contributed by atoms with E-state index < -0.39 is 24.6 Å². The number of β-amino-alcohol motifs (C(OH)–C–C–N with tert-alkyl or cyclic N) is 2. The number of likely N-dealkylation sites (N-methyl/N-ethyl adjacent to an activating group) is 6. The SMILES string of the molecule is CN1CCC(O)C(F)CC1.CN1CCC2CCC1C2.CN1CCCC(O)C(F)C1.CN1CCCN(C)C(=O)C1.CN1CCCNC(=O)C1.CN1CCN(C)CC(O)C1.CN1CCOCC(O)C1. The van der Waals surface area contributed by atoms with Crippen LogP contribution in [0, 0.1) is 5.92 Å². The van der Waals surface area contributed by atoms with E-state index >= 15 is 0 Å². The maximum Gasteiger partial charge on any atom is 0.236 e. The highest BCUT2D eigenvalue weighted by molar-refractivity contribution is 5.78. The van der Waals surface area contributed by atoms with Crippen molar-refractivity contribution in [1.82, 2.24) is 49.4 Å². The molecule has 8 aliphatic rings. The third-order valence-electron chi connectivity index (χ3n) is 13.7. The van der Waals surface area contributed by atoms with Gasteiger partial charge in [0.1, 0.15) is 12.3 Å². The van der Waals surface area contributed by atoms with Gasteiger partial charge in [-0.15, -0.1) is 0 Å². The molecular formula is C48H98F2N10O7. The molecular weight excluding hydrogens is 867 g/mol. The number of hydrogen-bond donors (Lipinski definition) is 5. The molecule has 7 unspecified atom stereocenters. The fourth-order valence-corrected chi connectivity index (χ4v) is 9.06. The Morgan fingerprint density at radius 3 is 1.79 bits per heavy atom. The minimum absolute atomic E-state index is 0.148. The van der Waals surface area contributed by atoms with Crippen molar-refractivity contribution in [1.29, 1.82) is 0 Å². The van der Waals surface area contributed by atoms with Crippen molar-refractivity contribution in [3.63, 3.8) is 0 Å². The normalized spacial score (nSPS) is 31.9. The van der Waals surface area contributed by atoms with Crippen LogP contribution >= 0.6 is 0 Å². The van der Waals surface area contributed by atoms with Crippen LogP contribution in [0.5, 0.6) is 0 Å². The Bertz CT molecular complexity index is 1270. The number of alkyl halides is 2. The summed E-state index contributed by atoms with van der Waals surface area (Å²) in [6, 6.07) is 0.962. The Morgan fingerprint density at radius 2 is 1.10 bits per heavy atom. The molecule has 5 N–H and O–H groups in total. The predicted octanol–water partition coefficient (Wildman–Crippen LogP) is 0.0648. The molecule has 8 fully saturated rings. The zero-order valence-corrected chi connectivity index (χ0v) is 43.4. The zero-order chi connectivity index (χ0) is 49.9. The summed E-state index contributed by atoms with van der Waals surface area (Å²) in [5, 5.41) is 39.4. The molecule has 17 nitrogen and oxygen atoms in total. The summed E-state index contributed by atoms with van der Waals surface area (Å²) in [5.74, 6) is 1.49. The fourth-order valence-electron chi connectivity index (χ4n) is 9.06. The Kier molecular flexibility index (Phi) is 31.7. The average Bonchev–Trinajstić information content (AvgIpc) is 3.57. The quantitative estimate of drug-likeness (QED) is 0.222. The van der Waals surface area contributed by atoms with Crippen LogP contribution in [0.1, 0.15) is 64.2 Å². The molecule has 7 atom stereocenters. The summed E-state index contributed by atoms with van der Waals surface area (Å²) in [5.41, 5.74) is 0. The first-order valence-corrected chi connectivity index (χ1v) is 25.3. The molecule has 1 saturated carbocycles. The van der Waals surface area contributed by atoms with Gasteiger partial charge in [-0.25, -0.2) is 8.78 Å². The molecule has 1 aliphatic carbocycles. The molecule has 396 valence electrons. The van der Waals surface area contributed by atoms with E-state index in [0.717, 1.165) is 123 Å². The van der Waals surface area contributed by atoms with E-state index in [4.69, 9.17) is 20.1 Å². The average molecular weight is 965 g/mol.